The van der Waals surface area contributed by atoms with Gasteiger partial charge in [0.25, 0.3) is 0 Å². The molecule has 286 valence electrons. The Hall–Kier alpha value is -5.55. The van der Waals surface area contributed by atoms with Gasteiger partial charge in [0.2, 0.25) is 11.6 Å². The molecule has 4 aromatic carbocycles. The van der Waals surface area contributed by atoms with E-state index in [-0.39, 0.29) is 33.8 Å². The minimum absolute atomic E-state index is 0.0486. The third-order valence-corrected chi connectivity index (χ3v) is 9.00. The summed E-state index contributed by atoms with van der Waals surface area (Å²) in [5.41, 5.74) is 5.47. The fourth-order valence-electron chi connectivity index (χ4n) is 6.34. The van der Waals surface area contributed by atoms with Crippen LogP contribution >= 0.6 is 0 Å². The molecule has 2 aliphatic carbocycles. The van der Waals surface area contributed by atoms with Gasteiger partial charge in [0.15, 0.2) is 23.2 Å². The van der Waals surface area contributed by atoms with Crippen molar-refractivity contribution in [3.63, 3.8) is 0 Å². The third kappa shape index (κ3) is 9.96. The van der Waals surface area contributed by atoms with Crippen LogP contribution in [0.1, 0.15) is 84.0 Å². The molecule has 11 heteroatoms. The lowest BCUT2D eigenvalue weighted by atomic mass is 9.88. The second kappa shape index (κ2) is 17.7. The summed E-state index contributed by atoms with van der Waals surface area (Å²) in [7, 11) is 1.26. The van der Waals surface area contributed by atoms with Crippen molar-refractivity contribution in [3.05, 3.63) is 151 Å². The van der Waals surface area contributed by atoms with Crippen LogP contribution in [0.3, 0.4) is 0 Å². The summed E-state index contributed by atoms with van der Waals surface area (Å²) in [5, 5.41) is 0. The van der Waals surface area contributed by atoms with E-state index in [0.717, 1.165) is 43.2 Å². The molecule has 55 heavy (non-hydrogen) atoms. The summed E-state index contributed by atoms with van der Waals surface area (Å²) in [4.78, 5) is 0. The van der Waals surface area contributed by atoms with Gasteiger partial charge in [-0.1, -0.05) is 85.8 Å². The quantitative estimate of drug-likeness (QED) is 0.111. The number of hydrogen-bond donors (Lipinski definition) is 0. The van der Waals surface area contributed by atoms with E-state index >= 15 is 0 Å². The van der Waals surface area contributed by atoms with Gasteiger partial charge in [-0.25, -0.2) is 22.0 Å². The summed E-state index contributed by atoms with van der Waals surface area (Å²) in [6.45, 7) is 4.19. The molecular weight excluding hydrogens is 731 g/mol. The van der Waals surface area contributed by atoms with Crippen molar-refractivity contribution in [2.24, 2.45) is 0 Å². The molecule has 0 saturated heterocycles. The number of alkyl halides is 3. The number of rotatable bonds is 6. The van der Waals surface area contributed by atoms with E-state index in [0.29, 0.717) is 42.5 Å². The Balaban J connectivity index is 0.000000212. The molecule has 0 atom stereocenters. The Morgan fingerprint density at radius 1 is 0.600 bits per heavy atom. The molecule has 2 aliphatic rings. The average molecular weight is 767 g/mol. The predicted octanol–water partition coefficient (Wildman–Crippen LogP) is 11.6. The van der Waals surface area contributed by atoms with Gasteiger partial charge in [-0.3, -0.25) is 0 Å². The maximum atomic E-state index is 14.8. The molecule has 0 spiro atoms. The Bertz CT molecular complexity index is 2260. The monoisotopic (exact) mass is 766 g/mol. The van der Waals surface area contributed by atoms with Crippen LogP contribution < -0.4 is 9.47 Å². The number of methoxy groups -OCH3 is 1. The Morgan fingerprint density at radius 2 is 1.05 bits per heavy atom. The molecule has 6 rings (SSSR count). The fraction of sp³-hybridized carbons (Fsp3) is 0.273. The molecule has 4 aromatic rings. The SMILES string of the molecule is CCCC1=CCc2c(ccc(C#Cc3cc(F)c(OC(F)(F)F)c(F)c3)c2F)C1.CCCC1=CCc2c(ccc(C#Cc3ccc(OC)c(F)c3F)c2F)C1. The van der Waals surface area contributed by atoms with Crippen LogP contribution in [0.2, 0.25) is 0 Å². The standard InChI is InChI=1S/C22H16F6O.C22H19F3O/c1-2-3-13-5-9-17-16(10-13)8-7-15(20(17)25)6-4-14-11-18(23)21(19(24)12-14)29-22(26,27)28;1-3-4-14-5-11-18-17(13-14)9-8-15(20(18)23)6-7-16-10-12-19(26-2)22(25)21(16)24/h5,7-8,11-12H,2-3,9-10H2,1H3;5,8-10,12H,3-4,11,13H2,1-2H3. The molecule has 0 heterocycles. The van der Waals surface area contributed by atoms with E-state index in [1.807, 2.05) is 12.1 Å². The topological polar surface area (TPSA) is 18.5 Å². The van der Waals surface area contributed by atoms with Crippen molar-refractivity contribution >= 4 is 0 Å². The normalized spacial score (nSPS) is 13.0. The zero-order valence-corrected chi connectivity index (χ0v) is 30.1. The maximum Gasteiger partial charge on any atom is 0.573 e. The lowest BCUT2D eigenvalue weighted by Crippen LogP contribution is -2.19. The molecule has 0 aromatic heterocycles. The highest BCUT2D eigenvalue weighted by Crippen LogP contribution is 2.31. The van der Waals surface area contributed by atoms with Gasteiger partial charge in [0.1, 0.15) is 11.6 Å². The van der Waals surface area contributed by atoms with Crippen molar-refractivity contribution in [2.45, 2.75) is 71.6 Å². The lowest BCUT2D eigenvalue weighted by molar-refractivity contribution is -0.276. The Morgan fingerprint density at radius 3 is 1.51 bits per heavy atom. The maximum absolute atomic E-state index is 14.8. The molecule has 0 N–H and O–H groups in total. The van der Waals surface area contributed by atoms with Crippen LogP contribution in [-0.2, 0) is 25.7 Å². The van der Waals surface area contributed by atoms with Crippen LogP contribution in [-0.4, -0.2) is 13.5 Å². The highest BCUT2D eigenvalue weighted by atomic mass is 19.4. The van der Waals surface area contributed by atoms with E-state index in [1.165, 1.54) is 36.5 Å². The predicted molar refractivity (Wildman–Crippen MR) is 192 cm³/mol. The highest BCUT2D eigenvalue weighted by molar-refractivity contribution is 5.52. The molecule has 0 fully saturated rings. The van der Waals surface area contributed by atoms with E-state index < -0.39 is 41.2 Å². The first-order chi connectivity index (χ1) is 26.2. The van der Waals surface area contributed by atoms with Gasteiger partial charge >= 0.3 is 6.36 Å². The number of hydrogen-bond acceptors (Lipinski definition) is 2. The Labute approximate surface area is 313 Å². The lowest BCUT2D eigenvalue weighted by Gasteiger charge is -2.18. The van der Waals surface area contributed by atoms with Crippen LogP contribution in [0.15, 0.2) is 71.8 Å². The number of ether oxygens (including phenoxy) is 2. The second-order valence-electron chi connectivity index (χ2n) is 12.9. The van der Waals surface area contributed by atoms with E-state index in [9.17, 15) is 39.5 Å². The summed E-state index contributed by atoms with van der Waals surface area (Å²) in [5.74, 6) is 2.11. The van der Waals surface area contributed by atoms with Crippen molar-refractivity contribution in [1.82, 2.24) is 0 Å². The second-order valence-corrected chi connectivity index (χ2v) is 12.9. The van der Waals surface area contributed by atoms with Crippen molar-refractivity contribution in [2.75, 3.05) is 7.11 Å². The minimum atomic E-state index is -5.23. The first kappa shape index (κ1) is 40.6. The van der Waals surface area contributed by atoms with Gasteiger partial charge in [-0.15, -0.1) is 13.2 Å². The largest absolute Gasteiger partial charge is 0.573 e. The fourth-order valence-corrected chi connectivity index (χ4v) is 6.34. The molecule has 0 saturated carbocycles. The van der Waals surface area contributed by atoms with Gasteiger partial charge in [-0.05, 0) is 97.2 Å². The first-order valence-corrected chi connectivity index (χ1v) is 17.5. The van der Waals surface area contributed by atoms with Crippen LogP contribution in [0.5, 0.6) is 11.5 Å². The van der Waals surface area contributed by atoms with Crippen molar-refractivity contribution in [3.8, 4) is 35.2 Å². The molecule has 0 unspecified atom stereocenters. The van der Waals surface area contributed by atoms with E-state index in [2.05, 4.69) is 48.3 Å². The van der Waals surface area contributed by atoms with Crippen molar-refractivity contribution in [1.29, 1.82) is 0 Å². The van der Waals surface area contributed by atoms with Gasteiger partial charge in [-0.2, -0.15) is 4.39 Å². The van der Waals surface area contributed by atoms with Gasteiger partial charge < -0.3 is 9.47 Å². The molecule has 0 aliphatic heterocycles. The van der Waals surface area contributed by atoms with Gasteiger partial charge in [0.05, 0.1) is 23.8 Å². The molecule has 2 nitrogen and oxygen atoms in total. The summed E-state index contributed by atoms with van der Waals surface area (Å²) in [6, 6.07) is 10.6. The smallest absolute Gasteiger partial charge is 0.494 e. The molecule has 0 radical (unpaired) electrons. The van der Waals surface area contributed by atoms with Crippen LogP contribution in [0.25, 0.3) is 0 Å². The minimum Gasteiger partial charge on any atom is -0.494 e. The van der Waals surface area contributed by atoms with Crippen LogP contribution in [0, 0.1) is 58.6 Å². The number of allylic oxidation sites excluding steroid dienone is 4. The molecular formula is C44H35F9O2. The number of halogens is 9. The third-order valence-electron chi connectivity index (χ3n) is 9.00. The highest BCUT2D eigenvalue weighted by Gasteiger charge is 2.34. The first-order valence-electron chi connectivity index (χ1n) is 17.5. The summed E-state index contributed by atoms with van der Waals surface area (Å²) >= 11 is 0. The number of benzene rings is 4. The molecule has 0 amide bonds. The zero-order valence-electron chi connectivity index (χ0n) is 30.1. The summed E-state index contributed by atoms with van der Waals surface area (Å²) < 4.78 is 129. The van der Waals surface area contributed by atoms with E-state index in [4.69, 9.17) is 4.74 Å². The molecule has 0 bridgehead atoms. The zero-order chi connectivity index (χ0) is 39.9. The average Bonchev–Trinajstić information content (AvgIpc) is 3.14. The Kier molecular flexibility index (Phi) is 13.1. The summed E-state index contributed by atoms with van der Waals surface area (Å²) in [6.07, 6.45) is 5.30. The van der Waals surface area contributed by atoms with E-state index in [1.54, 1.807) is 12.1 Å². The van der Waals surface area contributed by atoms with Gasteiger partial charge in [0, 0.05) is 5.56 Å². The van der Waals surface area contributed by atoms with Crippen LogP contribution in [0.4, 0.5) is 39.5 Å². The number of fused-ring (bicyclic) bond motifs is 2. The van der Waals surface area contributed by atoms with Crippen molar-refractivity contribution < 1.29 is 49.0 Å².